The second kappa shape index (κ2) is 6.89. The van der Waals surface area contributed by atoms with Crippen molar-refractivity contribution in [3.05, 3.63) is 78.6 Å². The van der Waals surface area contributed by atoms with Crippen molar-refractivity contribution in [2.75, 3.05) is 31.1 Å². The Morgan fingerprint density at radius 1 is 0.708 bits per heavy atom. The maximum absolute atomic E-state index is 4.49. The van der Waals surface area contributed by atoms with Crippen LogP contribution in [0.3, 0.4) is 0 Å². The van der Waals surface area contributed by atoms with E-state index < -0.39 is 0 Å². The van der Waals surface area contributed by atoms with Crippen LogP contribution < -0.4 is 4.90 Å². The zero-order valence-electron chi connectivity index (χ0n) is 13.8. The predicted molar refractivity (Wildman–Crippen MR) is 97.5 cm³/mol. The number of hydrogen-bond acceptors (Lipinski definition) is 3. The van der Waals surface area contributed by atoms with Crippen LogP contribution in [0.5, 0.6) is 0 Å². The van der Waals surface area contributed by atoms with E-state index in [1.165, 1.54) is 11.4 Å². The molecule has 4 rings (SSSR count). The normalized spacial score (nSPS) is 15.6. The molecule has 0 bridgehead atoms. The fourth-order valence-corrected chi connectivity index (χ4v) is 3.28. The van der Waals surface area contributed by atoms with Gasteiger partial charge in [0.1, 0.15) is 0 Å². The molecule has 0 unspecified atom stereocenters. The van der Waals surface area contributed by atoms with Crippen molar-refractivity contribution in [2.24, 2.45) is 0 Å². The zero-order valence-corrected chi connectivity index (χ0v) is 13.8. The molecule has 1 saturated heterocycles. The van der Waals surface area contributed by atoms with Crippen molar-refractivity contribution in [2.45, 2.75) is 6.54 Å². The number of benzene rings is 2. The van der Waals surface area contributed by atoms with Gasteiger partial charge < -0.3 is 4.90 Å². The van der Waals surface area contributed by atoms with Crippen LogP contribution in [0.15, 0.2) is 72.9 Å². The third-order valence-corrected chi connectivity index (χ3v) is 4.60. The first kappa shape index (κ1) is 15.0. The Morgan fingerprint density at radius 3 is 2.00 bits per heavy atom. The second-order valence-electron chi connectivity index (χ2n) is 6.17. The molecule has 1 aliphatic heterocycles. The van der Waals surface area contributed by atoms with Gasteiger partial charge in [0.05, 0.1) is 11.4 Å². The summed E-state index contributed by atoms with van der Waals surface area (Å²) in [5.74, 6) is 0. The average molecular weight is 318 g/mol. The third kappa shape index (κ3) is 3.19. The molecule has 3 aromatic rings. The minimum Gasteiger partial charge on any atom is -0.369 e. The summed E-state index contributed by atoms with van der Waals surface area (Å²) < 4.78 is 2.05. The van der Waals surface area contributed by atoms with E-state index in [1.54, 1.807) is 0 Å². The highest BCUT2D eigenvalue weighted by atomic mass is 15.3. The number of aromatic nitrogens is 2. The summed E-state index contributed by atoms with van der Waals surface area (Å²) in [5.41, 5.74) is 3.70. The zero-order chi connectivity index (χ0) is 16.2. The van der Waals surface area contributed by atoms with Gasteiger partial charge in [-0.1, -0.05) is 36.4 Å². The molecule has 0 atom stereocenters. The van der Waals surface area contributed by atoms with Crippen molar-refractivity contribution in [3.8, 4) is 5.69 Å². The Morgan fingerprint density at radius 2 is 1.33 bits per heavy atom. The van der Waals surface area contributed by atoms with Gasteiger partial charge in [0.2, 0.25) is 0 Å². The molecule has 4 heteroatoms. The molecule has 1 aliphatic rings. The first-order valence-corrected chi connectivity index (χ1v) is 8.51. The van der Waals surface area contributed by atoms with Gasteiger partial charge >= 0.3 is 0 Å². The Hall–Kier alpha value is -2.59. The van der Waals surface area contributed by atoms with Crippen LogP contribution >= 0.6 is 0 Å². The van der Waals surface area contributed by atoms with Gasteiger partial charge in [-0.25, -0.2) is 4.68 Å². The summed E-state index contributed by atoms with van der Waals surface area (Å²) in [7, 11) is 0. The van der Waals surface area contributed by atoms with Crippen LogP contribution in [0.2, 0.25) is 0 Å². The van der Waals surface area contributed by atoms with E-state index in [4.69, 9.17) is 0 Å². The number of hydrogen-bond donors (Lipinski definition) is 0. The van der Waals surface area contributed by atoms with E-state index in [-0.39, 0.29) is 0 Å². The van der Waals surface area contributed by atoms with Crippen LogP contribution in [0, 0.1) is 0 Å². The van der Waals surface area contributed by atoms with Crippen molar-refractivity contribution < 1.29 is 0 Å². The summed E-state index contributed by atoms with van der Waals surface area (Å²) in [6.07, 6.45) is 1.89. The lowest BCUT2D eigenvalue weighted by atomic mass is 10.2. The largest absolute Gasteiger partial charge is 0.369 e. The molecule has 4 nitrogen and oxygen atoms in total. The van der Waals surface area contributed by atoms with Gasteiger partial charge in [0, 0.05) is 44.6 Å². The van der Waals surface area contributed by atoms with Gasteiger partial charge in [-0.05, 0) is 30.3 Å². The summed E-state index contributed by atoms with van der Waals surface area (Å²) >= 11 is 0. The van der Waals surface area contributed by atoms with Crippen molar-refractivity contribution >= 4 is 5.69 Å². The monoisotopic (exact) mass is 318 g/mol. The van der Waals surface area contributed by atoms with Crippen LogP contribution in [-0.4, -0.2) is 40.9 Å². The number of rotatable bonds is 4. The first-order valence-electron chi connectivity index (χ1n) is 8.51. The third-order valence-electron chi connectivity index (χ3n) is 4.60. The molecule has 1 fully saturated rings. The molecule has 122 valence electrons. The molecule has 1 aromatic heterocycles. The molecule has 0 N–H and O–H groups in total. The molecule has 24 heavy (non-hydrogen) atoms. The van der Waals surface area contributed by atoms with Gasteiger partial charge in [0.15, 0.2) is 0 Å². The number of anilines is 1. The molecule has 0 aliphatic carbocycles. The lowest BCUT2D eigenvalue weighted by Crippen LogP contribution is -2.46. The second-order valence-corrected chi connectivity index (χ2v) is 6.17. The van der Waals surface area contributed by atoms with Crippen LogP contribution in [-0.2, 0) is 6.54 Å². The van der Waals surface area contributed by atoms with Gasteiger partial charge in [-0.2, -0.15) is 5.10 Å². The Bertz CT molecular complexity index is 759. The molecular formula is C20H22N4. The number of nitrogens with zero attached hydrogens (tertiary/aromatic N) is 4. The maximum Gasteiger partial charge on any atom is 0.0649 e. The SMILES string of the molecule is c1ccc(N2CCN(Cc3ccnn3-c3ccccc3)CC2)cc1. The quantitative estimate of drug-likeness (QED) is 0.738. The van der Waals surface area contributed by atoms with E-state index in [0.29, 0.717) is 0 Å². The summed E-state index contributed by atoms with van der Waals surface area (Å²) in [6, 6.07) is 23.2. The predicted octanol–water partition coefficient (Wildman–Crippen LogP) is 3.19. The smallest absolute Gasteiger partial charge is 0.0649 e. The molecule has 0 spiro atoms. The highest BCUT2D eigenvalue weighted by molar-refractivity contribution is 5.46. The first-order chi connectivity index (χ1) is 11.9. The average Bonchev–Trinajstić information content (AvgIpc) is 3.12. The topological polar surface area (TPSA) is 24.3 Å². The molecule has 0 saturated carbocycles. The molecule has 0 radical (unpaired) electrons. The Balaban J connectivity index is 1.41. The minimum absolute atomic E-state index is 0.942. The van der Waals surface area contributed by atoms with Gasteiger partial charge in [0.25, 0.3) is 0 Å². The van der Waals surface area contributed by atoms with Crippen molar-refractivity contribution in [1.29, 1.82) is 0 Å². The van der Waals surface area contributed by atoms with Gasteiger partial charge in [-0.15, -0.1) is 0 Å². The van der Waals surface area contributed by atoms with Crippen molar-refractivity contribution in [1.82, 2.24) is 14.7 Å². The van der Waals surface area contributed by atoms with E-state index >= 15 is 0 Å². The fraction of sp³-hybridized carbons (Fsp3) is 0.250. The van der Waals surface area contributed by atoms with E-state index in [2.05, 4.69) is 75.6 Å². The standard InChI is InChI=1S/C20H22N4/c1-3-7-18(8-4-1)23-15-13-22(14-16-23)17-20-11-12-21-24(20)19-9-5-2-6-10-19/h1-12H,13-17H2. The summed E-state index contributed by atoms with van der Waals surface area (Å²) in [4.78, 5) is 4.97. The molecule has 2 heterocycles. The fourth-order valence-electron chi connectivity index (χ4n) is 3.28. The van der Waals surface area contributed by atoms with E-state index in [0.717, 1.165) is 38.4 Å². The Kier molecular flexibility index (Phi) is 4.30. The van der Waals surface area contributed by atoms with Crippen LogP contribution in [0.25, 0.3) is 5.69 Å². The van der Waals surface area contributed by atoms with Crippen LogP contribution in [0.4, 0.5) is 5.69 Å². The highest BCUT2D eigenvalue weighted by Gasteiger charge is 2.18. The number of para-hydroxylation sites is 2. The van der Waals surface area contributed by atoms with E-state index in [9.17, 15) is 0 Å². The molecule has 2 aromatic carbocycles. The minimum atomic E-state index is 0.942. The van der Waals surface area contributed by atoms with Gasteiger partial charge in [-0.3, -0.25) is 4.90 Å². The summed E-state index contributed by atoms with van der Waals surface area (Å²) in [6.45, 7) is 5.24. The molecular weight excluding hydrogens is 296 g/mol. The van der Waals surface area contributed by atoms with E-state index in [1.807, 2.05) is 16.9 Å². The van der Waals surface area contributed by atoms with Crippen molar-refractivity contribution in [3.63, 3.8) is 0 Å². The lowest BCUT2D eigenvalue weighted by molar-refractivity contribution is 0.245. The Labute approximate surface area is 142 Å². The highest BCUT2D eigenvalue weighted by Crippen LogP contribution is 2.17. The number of piperazine rings is 1. The molecule has 0 amide bonds. The maximum atomic E-state index is 4.49. The van der Waals surface area contributed by atoms with Crippen LogP contribution in [0.1, 0.15) is 5.69 Å². The lowest BCUT2D eigenvalue weighted by Gasteiger charge is -2.36. The summed E-state index contributed by atoms with van der Waals surface area (Å²) in [5, 5.41) is 4.49.